The van der Waals surface area contributed by atoms with Crippen LogP contribution in [-0.2, 0) is 9.59 Å². The summed E-state index contributed by atoms with van der Waals surface area (Å²) in [6.07, 6.45) is 0. The second-order valence-corrected chi connectivity index (χ2v) is 4.95. The highest BCUT2D eigenvalue weighted by molar-refractivity contribution is 9.10. The second kappa shape index (κ2) is 6.90. The Balaban J connectivity index is 2.69. The van der Waals surface area contributed by atoms with Gasteiger partial charge in [0.2, 0.25) is 11.8 Å². The van der Waals surface area contributed by atoms with Gasteiger partial charge in [-0.05, 0) is 18.6 Å². The number of amides is 4. The van der Waals surface area contributed by atoms with Crippen molar-refractivity contribution in [2.45, 2.75) is 19.0 Å². The number of hydrogen-bond acceptors (Lipinski definition) is 3. The molecule has 1 atom stereocenters. The van der Waals surface area contributed by atoms with Crippen LogP contribution in [-0.4, -0.2) is 23.9 Å². The van der Waals surface area contributed by atoms with E-state index in [2.05, 4.69) is 26.6 Å². The lowest BCUT2D eigenvalue weighted by Gasteiger charge is -2.18. The van der Waals surface area contributed by atoms with Gasteiger partial charge in [-0.15, -0.1) is 0 Å². The maximum absolute atomic E-state index is 11.7. The Morgan fingerprint density at radius 3 is 2.15 bits per heavy atom. The van der Waals surface area contributed by atoms with E-state index in [1.54, 1.807) is 6.92 Å². The van der Waals surface area contributed by atoms with Crippen LogP contribution in [0.3, 0.4) is 0 Å². The minimum atomic E-state index is -1.54. The first-order valence-corrected chi connectivity index (χ1v) is 6.52. The second-order valence-electron chi connectivity index (χ2n) is 4.10. The topological polar surface area (TPSA) is 127 Å². The smallest absolute Gasteiger partial charge is 0.316 e. The maximum atomic E-state index is 11.7. The van der Waals surface area contributed by atoms with E-state index in [0.717, 1.165) is 10.0 Å². The third-order valence-corrected chi connectivity index (χ3v) is 3.29. The van der Waals surface area contributed by atoms with Crippen LogP contribution in [0.1, 0.15) is 18.5 Å². The number of urea groups is 1. The molecular formula is C12H15BrN4O3. The first-order valence-electron chi connectivity index (χ1n) is 5.73. The molecule has 4 amide bonds. The van der Waals surface area contributed by atoms with Crippen molar-refractivity contribution in [3.8, 4) is 0 Å². The molecule has 0 saturated heterocycles. The van der Waals surface area contributed by atoms with Crippen LogP contribution in [0, 0.1) is 0 Å². The van der Waals surface area contributed by atoms with Crippen LogP contribution >= 0.6 is 15.9 Å². The van der Waals surface area contributed by atoms with Gasteiger partial charge in [0, 0.05) is 4.47 Å². The Bertz CT molecular complexity index is 521. The molecule has 8 heteroatoms. The average Bonchev–Trinajstić information content (AvgIpc) is 2.35. The van der Waals surface area contributed by atoms with Gasteiger partial charge in [-0.3, -0.25) is 9.59 Å². The minimum Gasteiger partial charge on any atom is -0.367 e. The predicted octanol–water partition coefficient (Wildman–Crippen LogP) is 0.149. The highest BCUT2D eigenvalue weighted by atomic mass is 79.9. The maximum Gasteiger partial charge on any atom is 0.316 e. The number of carbonyl (C=O) groups excluding carboxylic acids is 3. The Morgan fingerprint density at radius 2 is 1.65 bits per heavy atom. The standard InChI is InChI=1S/C12H15BrN4O3/c1-6(7-4-2-3-5-8(7)13)16-12(20)17-9(10(14)18)11(15)19/h2-6,9H,1H3,(H2,14,18)(H2,15,19)(H2,16,17,20). The average molecular weight is 343 g/mol. The van der Waals surface area contributed by atoms with E-state index >= 15 is 0 Å². The number of hydrogen-bond donors (Lipinski definition) is 4. The lowest BCUT2D eigenvalue weighted by atomic mass is 10.1. The van der Waals surface area contributed by atoms with Crippen LogP contribution in [0.5, 0.6) is 0 Å². The molecule has 0 heterocycles. The van der Waals surface area contributed by atoms with Gasteiger partial charge in [0.15, 0.2) is 6.04 Å². The van der Waals surface area contributed by atoms with Gasteiger partial charge in [-0.25, -0.2) is 4.79 Å². The summed E-state index contributed by atoms with van der Waals surface area (Å²) in [5.74, 6) is -2.03. The fourth-order valence-corrected chi connectivity index (χ4v) is 2.18. The minimum absolute atomic E-state index is 0.341. The van der Waals surface area contributed by atoms with Crippen molar-refractivity contribution >= 4 is 33.8 Å². The van der Waals surface area contributed by atoms with E-state index in [1.165, 1.54) is 0 Å². The number of benzene rings is 1. The molecular weight excluding hydrogens is 328 g/mol. The molecule has 1 aromatic carbocycles. The Morgan fingerprint density at radius 1 is 1.10 bits per heavy atom. The molecule has 20 heavy (non-hydrogen) atoms. The molecule has 0 saturated carbocycles. The van der Waals surface area contributed by atoms with Crippen LogP contribution < -0.4 is 22.1 Å². The molecule has 7 nitrogen and oxygen atoms in total. The van der Waals surface area contributed by atoms with Crippen molar-refractivity contribution in [1.29, 1.82) is 0 Å². The lowest BCUT2D eigenvalue weighted by Crippen LogP contribution is -2.55. The Kier molecular flexibility index (Phi) is 5.51. The number of rotatable bonds is 5. The SMILES string of the molecule is CC(NC(=O)NC(C(N)=O)C(N)=O)c1ccccc1Br. The van der Waals surface area contributed by atoms with E-state index in [0.29, 0.717) is 0 Å². The third-order valence-electron chi connectivity index (χ3n) is 2.56. The Labute approximate surface area is 124 Å². The van der Waals surface area contributed by atoms with Crippen molar-refractivity contribution in [2.75, 3.05) is 0 Å². The lowest BCUT2D eigenvalue weighted by molar-refractivity contribution is -0.128. The highest BCUT2D eigenvalue weighted by Gasteiger charge is 2.24. The highest BCUT2D eigenvalue weighted by Crippen LogP contribution is 2.22. The van der Waals surface area contributed by atoms with Crippen LogP contribution in [0.4, 0.5) is 4.79 Å². The molecule has 0 aliphatic heterocycles. The molecule has 0 aliphatic rings. The quantitative estimate of drug-likeness (QED) is 0.568. The van der Waals surface area contributed by atoms with Crippen LogP contribution in [0.25, 0.3) is 0 Å². The summed E-state index contributed by atoms with van der Waals surface area (Å²) in [6, 6.07) is 4.74. The summed E-state index contributed by atoms with van der Waals surface area (Å²) in [6.45, 7) is 1.75. The van der Waals surface area contributed by atoms with Crippen molar-refractivity contribution in [3.05, 3.63) is 34.3 Å². The van der Waals surface area contributed by atoms with Crippen molar-refractivity contribution in [1.82, 2.24) is 10.6 Å². The molecule has 0 aromatic heterocycles. The molecule has 0 spiro atoms. The Hall–Kier alpha value is -2.09. The van der Waals surface area contributed by atoms with Crippen molar-refractivity contribution in [2.24, 2.45) is 11.5 Å². The van der Waals surface area contributed by atoms with E-state index in [9.17, 15) is 14.4 Å². The molecule has 0 fully saturated rings. The monoisotopic (exact) mass is 342 g/mol. The summed E-state index contributed by atoms with van der Waals surface area (Å²) in [5.41, 5.74) is 10.8. The van der Waals surface area contributed by atoms with Gasteiger partial charge in [0.1, 0.15) is 0 Å². The molecule has 108 valence electrons. The zero-order chi connectivity index (χ0) is 15.3. The zero-order valence-electron chi connectivity index (χ0n) is 10.7. The first kappa shape index (κ1) is 16.0. The van der Waals surface area contributed by atoms with Gasteiger partial charge >= 0.3 is 6.03 Å². The summed E-state index contributed by atoms with van der Waals surface area (Å²) < 4.78 is 0.828. The normalized spacial score (nSPS) is 11.8. The zero-order valence-corrected chi connectivity index (χ0v) is 12.3. The summed E-state index contributed by atoms with van der Waals surface area (Å²) in [7, 11) is 0. The summed E-state index contributed by atoms with van der Waals surface area (Å²) in [4.78, 5) is 33.6. The van der Waals surface area contributed by atoms with Crippen molar-refractivity contribution < 1.29 is 14.4 Å². The van der Waals surface area contributed by atoms with Gasteiger partial charge in [0.05, 0.1) is 6.04 Å². The number of carbonyl (C=O) groups is 3. The summed E-state index contributed by atoms with van der Waals surface area (Å²) >= 11 is 3.36. The van der Waals surface area contributed by atoms with E-state index < -0.39 is 23.9 Å². The molecule has 1 aromatic rings. The number of halogens is 1. The largest absolute Gasteiger partial charge is 0.367 e. The van der Waals surface area contributed by atoms with E-state index in [-0.39, 0.29) is 6.04 Å². The van der Waals surface area contributed by atoms with Gasteiger partial charge < -0.3 is 22.1 Å². The first-order chi connectivity index (χ1) is 9.32. The van der Waals surface area contributed by atoms with E-state index in [4.69, 9.17) is 11.5 Å². The fourth-order valence-electron chi connectivity index (χ4n) is 1.56. The fraction of sp³-hybridized carbons (Fsp3) is 0.250. The molecule has 1 unspecified atom stereocenters. The molecule has 0 radical (unpaired) electrons. The van der Waals surface area contributed by atoms with Gasteiger partial charge in [0.25, 0.3) is 0 Å². The van der Waals surface area contributed by atoms with Crippen LogP contribution in [0.15, 0.2) is 28.7 Å². The molecule has 0 bridgehead atoms. The van der Waals surface area contributed by atoms with Gasteiger partial charge in [-0.2, -0.15) is 0 Å². The predicted molar refractivity (Wildman–Crippen MR) is 76.4 cm³/mol. The summed E-state index contributed by atoms with van der Waals surface area (Å²) in [5, 5.41) is 4.70. The number of nitrogens with one attached hydrogen (secondary N) is 2. The third kappa shape index (κ3) is 4.23. The number of nitrogens with two attached hydrogens (primary N) is 2. The molecule has 1 rings (SSSR count). The van der Waals surface area contributed by atoms with Gasteiger partial charge in [-0.1, -0.05) is 34.1 Å². The van der Waals surface area contributed by atoms with E-state index in [1.807, 2.05) is 24.3 Å². The molecule has 6 N–H and O–H groups in total. The number of primary amides is 2. The molecule has 0 aliphatic carbocycles. The van der Waals surface area contributed by atoms with Crippen LogP contribution in [0.2, 0.25) is 0 Å². The van der Waals surface area contributed by atoms with Crippen molar-refractivity contribution in [3.63, 3.8) is 0 Å².